The molecule has 0 aliphatic rings. The number of hydrogen-bond donors (Lipinski definition) is 3. The number of carbonyl (C=O) groups excluding carboxylic acids is 2. The molecule has 0 bridgehead atoms. The van der Waals surface area contributed by atoms with Crippen LogP contribution in [0.15, 0.2) is 48.6 Å². The topological polar surface area (TPSA) is 95.9 Å². The molecular formula is C63H117NO5. The van der Waals surface area contributed by atoms with E-state index in [2.05, 4.69) is 55.6 Å². The van der Waals surface area contributed by atoms with Gasteiger partial charge in [-0.05, 0) is 89.9 Å². The molecule has 0 radical (unpaired) electrons. The second kappa shape index (κ2) is 58.4. The van der Waals surface area contributed by atoms with E-state index in [-0.39, 0.29) is 18.5 Å². The van der Waals surface area contributed by atoms with Gasteiger partial charge in [0, 0.05) is 12.8 Å². The molecule has 0 aliphatic carbocycles. The van der Waals surface area contributed by atoms with Gasteiger partial charge in [0.1, 0.15) is 0 Å². The van der Waals surface area contributed by atoms with Gasteiger partial charge in [0.2, 0.25) is 5.91 Å². The van der Waals surface area contributed by atoms with Crippen LogP contribution in [0.5, 0.6) is 0 Å². The quantitative estimate of drug-likeness (QED) is 0.0244. The predicted octanol–water partition coefficient (Wildman–Crippen LogP) is 19.0. The van der Waals surface area contributed by atoms with Gasteiger partial charge in [0.15, 0.2) is 0 Å². The van der Waals surface area contributed by atoms with Gasteiger partial charge >= 0.3 is 5.97 Å². The highest BCUT2D eigenvalue weighted by Gasteiger charge is 2.18. The summed E-state index contributed by atoms with van der Waals surface area (Å²) >= 11 is 0. The smallest absolute Gasteiger partial charge is 0.305 e. The zero-order chi connectivity index (χ0) is 50.0. The number of rotatable bonds is 56. The molecule has 2 unspecified atom stereocenters. The fourth-order valence-electron chi connectivity index (χ4n) is 9.15. The molecule has 6 heteroatoms. The Morgan fingerprint density at radius 1 is 0.406 bits per heavy atom. The van der Waals surface area contributed by atoms with Crippen molar-refractivity contribution in [1.29, 1.82) is 0 Å². The van der Waals surface area contributed by atoms with E-state index in [1.807, 2.05) is 6.08 Å². The maximum atomic E-state index is 12.5. The highest BCUT2D eigenvalue weighted by molar-refractivity contribution is 5.76. The van der Waals surface area contributed by atoms with Crippen LogP contribution in [-0.2, 0) is 14.3 Å². The number of ether oxygens (including phenoxy) is 1. The fraction of sp³-hybridized carbons (Fsp3) is 0.841. The lowest BCUT2D eigenvalue weighted by Crippen LogP contribution is -2.45. The van der Waals surface area contributed by atoms with E-state index in [1.165, 1.54) is 212 Å². The zero-order valence-corrected chi connectivity index (χ0v) is 46.0. The molecule has 69 heavy (non-hydrogen) atoms. The second-order valence-corrected chi connectivity index (χ2v) is 20.7. The Labute approximate surface area is 429 Å². The Morgan fingerprint density at radius 2 is 0.725 bits per heavy atom. The molecule has 0 aromatic carbocycles. The zero-order valence-electron chi connectivity index (χ0n) is 46.0. The van der Waals surface area contributed by atoms with Crippen molar-refractivity contribution in [3.05, 3.63) is 48.6 Å². The van der Waals surface area contributed by atoms with Crippen molar-refractivity contribution in [1.82, 2.24) is 5.32 Å². The van der Waals surface area contributed by atoms with Crippen LogP contribution < -0.4 is 5.32 Å². The average Bonchev–Trinajstić information content (AvgIpc) is 3.35. The van der Waals surface area contributed by atoms with Crippen LogP contribution in [0.3, 0.4) is 0 Å². The van der Waals surface area contributed by atoms with Crippen molar-refractivity contribution < 1.29 is 24.5 Å². The number of hydrogen-bond acceptors (Lipinski definition) is 5. The van der Waals surface area contributed by atoms with E-state index < -0.39 is 12.1 Å². The minimum absolute atomic E-state index is 0.0314. The second-order valence-electron chi connectivity index (χ2n) is 20.7. The van der Waals surface area contributed by atoms with Gasteiger partial charge in [-0.2, -0.15) is 0 Å². The first kappa shape index (κ1) is 66.8. The Morgan fingerprint density at radius 3 is 1.12 bits per heavy atom. The normalized spacial score (nSPS) is 12.9. The number of allylic oxidation sites excluding steroid dienone is 7. The summed E-state index contributed by atoms with van der Waals surface area (Å²) in [5.41, 5.74) is 0. The summed E-state index contributed by atoms with van der Waals surface area (Å²) in [7, 11) is 0. The number of nitrogens with one attached hydrogen (secondary N) is 1. The summed E-state index contributed by atoms with van der Waals surface area (Å²) in [4.78, 5) is 24.5. The van der Waals surface area contributed by atoms with E-state index in [4.69, 9.17) is 4.74 Å². The first-order valence-corrected chi connectivity index (χ1v) is 30.4. The van der Waals surface area contributed by atoms with Crippen LogP contribution in [0.1, 0.15) is 316 Å². The van der Waals surface area contributed by atoms with Crippen molar-refractivity contribution in [2.75, 3.05) is 13.2 Å². The molecule has 0 heterocycles. The third-order valence-electron chi connectivity index (χ3n) is 13.8. The van der Waals surface area contributed by atoms with Crippen LogP contribution in [0.25, 0.3) is 0 Å². The number of esters is 1. The molecule has 0 saturated carbocycles. The van der Waals surface area contributed by atoms with Gasteiger partial charge in [0.05, 0.1) is 25.4 Å². The molecule has 6 nitrogen and oxygen atoms in total. The highest BCUT2D eigenvalue weighted by atomic mass is 16.5. The Hall–Kier alpha value is -2.18. The van der Waals surface area contributed by atoms with E-state index in [1.54, 1.807) is 6.08 Å². The first-order valence-electron chi connectivity index (χ1n) is 30.4. The maximum absolute atomic E-state index is 12.5. The molecule has 0 rings (SSSR count). The number of amides is 1. The maximum Gasteiger partial charge on any atom is 0.305 e. The summed E-state index contributed by atoms with van der Waals surface area (Å²) in [6.07, 6.45) is 74.3. The molecule has 404 valence electrons. The molecule has 0 aromatic heterocycles. The summed E-state index contributed by atoms with van der Waals surface area (Å²) in [5.74, 6) is -0.120. The fourth-order valence-corrected chi connectivity index (χ4v) is 9.15. The first-order chi connectivity index (χ1) is 34.0. The highest BCUT2D eigenvalue weighted by Crippen LogP contribution is 2.17. The molecule has 0 spiro atoms. The molecule has 0 fully saturated rings. The van der Waals surface area contributed by atoms with Gasteiger partial charge < -0.3 is 20.3 Å². The van der Waals surface area contributed by atoms with E-state index in [9.17, 15) is 19.8 Å². The molecule has 2 atom stereocenters. The van der Waals surface area contributed by atoms with Crippen molar-refractivity contribution in [3.8, 4) is 0 Å². The SMILES string of the molecule is CCCCCCC/C=C\CCCCCCCC(=O)OCCCCC/C=C\C=C/CCCCCCCCC(=O)NC(CO)C(O)/C=C/CCCCCCCCCCCCCCCCCCCCCCC. The van der Waals surface area contributed by atoms with Crippen LogP contribution >= 0.6 is 0 Å². The summed E-state index contributed by atoms with van der Waals surface area (Å²) in [5, 5.41) is 23.2. The van der Waals surface area contributed by atoms with Crippen LogP contribution in [0, 0.1) is 0 Å². The molecular weight excluding hydrogens is 851 g/mol. The molecule has 1 amide bonds. The number of aliphatic hydroxyl groups excluding tert-OH is 2. The van der Waals surface area contributed by atoms with Crippen molar-refractivity contribution in [2.45, 2.75) is 328 Å². The molecule has 0 aromatic rings. The number of unbranched alkanes of at least 4 members (excludes halogenated alkanes) is 40. The van der Waals surface area contributed by atoms with E-state index >= 15 is 0 Å². The van der Waals surface area contributed by atoms with Gasteiger partial charge in [-0.25, -0.2) is 0 Å². The molecule has 3 N–H and O–H groups in total. The van der Waals surface area contributed by atoms with Gasteiger partial charge in [-0.15, -0.1) is 0 Å². The third kappa shape index (κ3) is 55.0. The van der Waals surface area contributed by atoms with Crippen LogP contribution in [0.4, 0.5) is 0 Å². The summed E-state index contributed by atoms with van der Waals surface area (Å²) < 4.78 is 5.44. The van der Waals surface area contributed by atoms with Gasteiger partial charge in [0.25, 0.3) is 0 Å². The third-order valence-corrected chi connectivity index (χ3v) is 13.8. The predicted molar refractivity (Wildman–Crippen MR) is 301 cm³/mol. The monoisotopic (exact) mass is 968 g/mol. The average molecular weight is 969 g/mol. The van der Waals surface area contributed by atoms with Crippen LogP contribution in [0.2, 0.25) is 0 Å². The van der Waals surface area contributed by atoms with Crippen LogP contribution in [-0.4, -0.2) is 47.4 Å². The number of carbonyl (C=O) groups is 2. The Kier molecular flexibility index (Phi) is 56.5. The summed E-state index contributed by atoms with van der Waals surface area (Å²) in [6.45, 7) is 4.85. The minimum Gasteiger partial charge on any atom is -0.466 e. The summed E-state index contributed by atoms with van der Waals surface area (Å²) in [6, 6.07) is -0.647. The lowest BCUT2D eigenvalue weighted by molar-refractivity contribution is -0.143. The molecule has 0 aliphatic heterocycles. The van der Waals surface area contributed by atoms with Crippen molar-refractivity contribution in [3.63, 3.8) is 0 Å². The largest absolute Gasteiger partial charge is 0.466 e. The van der Waals surface area contributed by atoms with Gasteiger partial charge in [-0.3, -0.25) is 9.59 Å². The minimum atomic E-state index is -0.861. The van der Waals surface area contributed by atoms with Crippen molar-refractivity contribution >= 4 is 11.9 Å². The van der Waals surface area contributed by atoms with Gasteiger partial charge in [-0.1, -0.05) is 262 Å². The van der Waals surface area contributed by atoms with E-state index in [0.29, 0.717) is 19.4 Å². The number of aliphatic hydroxyl groups is 2. The molecule has 0 saturated heterocycles. The Balaban J connectivity index is 3.55. The van der Waals surface area contributed by atoms with E-state index in [0.717, 1.165) is 77.0 Å². The lowest BCUT2D eigenvalue weighted by atomic mass is 10.0. The standard InChI is InChI=1S/C63H117NO5/c1-3-5-7-9-11-13-15-17-19-20-21-22-23-24-25-26-28-31-35-39-43-47-51-55-61(66)60(59-65)64-62(67)56-52-48-44-40-36-32-29-27-30-34-38-42-46-50-54-58-69-63(68)57-53-49-45-41-37-33-18-16-14-12-10-8-6-4-2/h16,18,27,30,34,38,51,55,60-61,65-66H,3-15,17,19-26,28-29,31-33,35-37,39-50,52-54,56-59H2,1-2H3,(H,64,67)/b18-16-,30-27-,38-34-,55-51+. The Bertz CT molecular complexity index is 1160. The van der Waals surface area contributed by atoms with Crippen molar-refractivity contribution in [2.24, 2.45) is 0 Å². The lowest BCUT2D eigenvalue weighted by Gasteiger charge is -2.20.